The lowest BCUT2D eigenvalue weighted by atomic mass is 9.99. The van der Waals surface area contributed by atoms with Gasteiger partial charge in [0, 0.05) is 38.1 Å². The molecule has 0 bridgehead atoms. The number of piperidine rings is 1. The average Bonchev–Trinajstić information content (AvgIpc) is 3.28. The van der Waals surface area contributed by atoms with E-state index < -0.39 is 0 Å². The zero-order valence-electron chi connectivity index (χ0n) is 18.5. The third-order valence-electron chi connectivity index (χ3n) is 6.12. The van der Waals surface area contributed by atoms with Crippen molar-refractivity contribution in [2.75, 3.05) is 57.9 Å². The van der Waals surface area contributed by atoms with Crippen molar-refractivity contribution in [2.45, 2.75) is 26.3 Å². The van der Waals surface area contributed by atoms with Crippen molar-refractivity contribution in [1.29, 1.82) is 0 Å². The number of nitrogens with zero attached hydrogens (tertiary/aromatic N) is 4. The largest absolute Gasteiger partial charge is 0.493 e. The Bertz CT molecular complexity index is 858. The molecule has 0 radical (unpaired) electrons. The number of benzene rings is 1. The molecule has 3 heterocycles. The zero-order valence-corrected chi connectivity index (χ0v) is 19.3. The molecule has 1 aromatic heterocycles. The molecular weight excluding hydrogens is 412 g/mol. The summed E-state index contributed by atoms with van der Waals surface area (Å²) < 4.78 is 11.0. The van der Waals surface area contributed by atoms with Crippen LogP contribution in [0.5, 0.6) is 11.5 Å². The van der Waals surface area contributed by atoms with Crippen LogP contribution in [0.3, 0.4) is 0 Å². The highest BCUT2D eigenvalue weighted by molar-refractivity contribution is 7.13. The van der Waals surface area contributed by atoms with Gasteiger partial charge in [0.2, 0.25) is 0 Å². The van der Waals surface area contributed by atoms with Gasteiger partial charge in [0.25, 0.3) is 5.91 Å². The molecular formula is C23H32N4O3S. The van der Waals surface area contributed by atoms with Gasteiger partial charge in [0.15, 0.2) is 23.2 Å². The van der Waals surface area contributed by atoms with Gasteiger partial charge in [-0.25, -0.2) is 4.98 Å². The zero-order chi connectivity index (χ0) is 21.6. The number of hydrogen-bond donors (Lipinski definition) is 0. The minimum Gasteiger partial charge on any atom is -0.493 e. The van der Waals surface area contributed by atoms with Gasteiger partial charge in [-0.05, 0) is 44.0 Å². The minimum atomic E-state index is 0.00436. The molecule has 2 aliphatic heterocycles. The summed E-state index contributed by atoms with van der Waals surface area (Å²) in [5, 5.41) is 3.25. The van der Waals surface area contributed by atoms with Crippen LogP contribution in [0.1, 0.15) is 25.5 Å². The quantitative estimate of drug-likeness (QED) is 0.654. The van der Waals surface area contributed by atoms with E-state index >= 15 is 0 Å². The molecule has 1 amide bonds. The standard InChI is InChI=1S/C23H32N4O3S/c1-18-7-9-25(10-8-18)15-19-17-31-23(24-19)27-13-11-26(12-14-27)22(28)16-30-21-6-4-3-5-20(21)29-2/h3-6,17-18H,7-16H2,1-2H3. The van der Waals surface area contributed by atoms with Gasteiger partial charge in [-0.2, -0.15) is 0 Å². The van der Waals surface area contributed by atoms with E-state index in [0.29, 0.717) is 24.6 Å². The van der Waals surface area contributed by atoms with E-state index in [-0.39, 0.29) is 12.5 Å². The normalized spacial score (nSPS) is 18.3. The topological polar surface area (TPSA) is 58.1 Å². The molecule has 1 aromatic carbocycles. The number of thiazole rings is 1. The fourth-order valence-corrected chi connectivity index (χ4v) is 4.95. The lowest BCUT2D eigenvalue weighted by Crippen LogP contribution is -2.50. The van der Waals surface area contributed by atoms with E-state index in [1.54, 1.807) is 18.4 Å². The fourth-order valence-electron chi connectivity index (χ4n) is 4.08. The SMILES string of the molecule is COc1ccccc1OCC(=O)N1CCN(c2nc(CN3CCC(C)CC3)cs2)CC1. The van der Waals surface area contributed by atoms with Gasteiger partial charge >= 0.3 is 0 Å². The van der Waals surface area contributed by atoms with E-state index in [0.717, 1.165) is 30.7 Å². The second kappa shape index (κ2) is 10.3. The number of para-hydroxylation sites is 2. The number of ether oxygens (including phenoxy) is 2. The highest BCUT2D eigenvalue weighted by Crippen LogP contribution is 2.26. The monoisotopic (exact) mass is 444 g/mol. The number of rotatable bonds is 7. The maximum Gasteiger partial charge on any atom is 0.260 e. The van der Waals surface area contributed by atoms with E-state index in [2.05, 4.69) is 22.1 Å². The maximum atomic E-state index is 12.6. The van der Waals surface area contributed by atoms with Gasteiger partial charge in [0.05, 0.1) is 12.8 Å². The maximum absolute atomic E-state index is 12.6. The first-order chi connectivity index (χ1) is 15.1. The summed E-state index contributed by atoms with van der Waals surface area (Å²) in [6.45, 7) is 8.63. The number of piperazine rings is 1. The Morgan fingerprint density at radius 3 is 2.52 bits per heavy atom. The van der Waals surface area contributed by atoms with Crippen molar-refractivity contribution in [3.63, 3.8) is 0 Å². The molecule has 0 atom stereocenters. The first-order valence-corrected chi connectivity index (χ1v) is 12.0. The number of likely N-dealkylation sites (tertiary alicyclic amines) is 1. The smallest absolute Gasteiger partial charge is 0.260 e. The van der Waals surface area contributed by atoms with Crippen LogP contribution >= 0.6 is 11.3 Å². The molecule has 31 heavy (non-hydrogen) atoms. The molecule has 0 aliphatic carbocycles. The highest BCUT2D eigenvalue weighted by Gasteiger charge is 2.24. The van der Waals surface area contributed by atoms with Crippen molar-refractivity contribution in [3.05, 3.63) is 35.3 Å². The Hall–Kier alpha value is -2.32. The van der Waals surface area contributed by atoms with Gasteiger partial charge in [-0.3, -0.25) is 9.69 Å². The molecule has 2 aliphatic rings. The molecule has 7 nitrogen and oxygen atoms in total. The second-order valence-electron chi connectivity index (χ2n) is 8.39. The number of carbonyl (C=O) groups excluding carboxylic acids is 1. The van der Waals surface area contributed by atoms with Crippen LogP contribution in [0.25, 0.3) is 0 Å². The molecule has 2 aromatic rings. The number of aromatic nitrogens is 1. The number of methoxy groups -OCH3 is 1. The van der Waals surface area contributed by atoms with E-state index in [9.17, 15) is 4.79 Å². The Morgan fingerprint density at radius 2 is 1.81 bits per heavy atom. The van der Waals surface area contributed by atoms with Crippen LogP contribution in [-0.2, 0) is 11.3 Å². The van der Waals surface area contributed by atoms with Crippen molar-refractivity contribution < 1.29 is 14.3 Å². The van der Waals surface area contributed by atoms with Gasteiger partial charge in [-0.1, -0.05) is 19.1 Å². The molecule has 4 rings (SSSR count). The van der Waals surface area contributed by atoms with E-state index in [1.807, 2.05) is 29.2 Å². The van der Waals surface area contributed by atoms with Crippen LogP contribution in [0.4, 0.5) is 5.13 Å². The lowest BCUT2D eigenvalue weighted by molar-refractivity contribution is -0.133. The summed E-state index contributed by atoms with van der Waals surface area (Å²) >= 11 is 1.71. The third-order valence-corrected chi connectivity index (χ3v) is 7.07. The van der Waals surface area contributed by atoms with Gasteiger partial charge in [0.1, 0.15) is 0 Å². The molecule has 2 fully saturated rings. The van der Waals surface area contributed by atoms with Crippen molar-refractivity contribution in [2.24, 2.45) is 5.92 Å². The Labute approximate surface area is 188 Å². The summed E-state index contributed by atoms with van der Waals surface area (Å²) in [5.41, 5.74) is 1.17. The van der Waals surface area contributed by atoms with Crippen LogP contribution < -0.4 is 14.4 Å². The number of anilines is 1. The van der Waals surface area contributed by atoms with Crippen molar-refractivity contribution in [1.82, 2.24) is 14.8 Å². The number of hydrogen-bond acceptors (Lipinski definition) is 7. The average molecular weight is 445 g/mol. The van der Waals surface area contributed by atoms with E-state index in [4.69, 9.17) is 14.5 Å². The fraction of sp³-hybridized carbons (Fsp3) is 0.565. The minimum absolute atomic E-state index is 0.00436. The highest BCUT2D eigenvalue weighted by atomic mass is 32.1. The summed E-state index contributed by atoms with van der Waals surface area (Å²) in [5.74, 6) is 2.08. The third kappa shape index (κ3) is 5.68. The van der Waals surface area contributed by atoms with E-state index in [1.165, 1.54) is 31.6 Å². The summed E-state index contributed by atoms with van der Waals surface area (Å²) in [6, 6.07) is 7.39. The predicted molar refractivity (Wildman–Crippen MR) is 123 cm³/mol. The van der Waals surface area contributed by atoms with Crippen LogP contribution in [0.2, 0.25) is 0 Å². The van der Waals surface area contributed by atoms with Crippen LogP contribution in [0, 0.1) is 5.92 Å². The van der Waals surface area contributed by atoms with Crippen LogP contribution in [-0.4, -0.2) is 73.7 Å². The molecule has 0 N–H and O–H groups in total. The molecule has 0 saturated carbocycles. The molecule has 8 heteroatoms. The van der Waals surface area contributed by atoms with Gasteiger partial charge < -0.3 is 19.3 Å². The first-order valence-electron chi connectivity index (χ1n) is 11.1. The molecule has 0 spiro atoms. The number of amides is 1. The second-order valence-corrected chi connectivity index (χ2v) is 9.22. The Morgan fingerprint density at radius 1 is 1.10 bits per heavy atom. The molecule has 2 saturated heterocycles. The van der Waals surface area contributed by atoms with Crippen molar-refractivity contribution >= 4 is 22.4 Å². The Kier molecular flexibility index (Phi) is 7.29. The predicted octanol–water partition coefficient (Wildman–Crippen LogP) is 3.11. The molecule has 168 valence electrons. The van der Waals surface area contributed by atoms with Gasteiger partial charge in [-0.15, -0.1) is 11.3 Å². The van der Waals surface area contributed by atoms with Crippen molar-refractivity contribution in [3.8, 4) is 11.5 Å². The summed E-state index contributed by atoms with van der Waals surface area (Å²) in [6.07, 6.45) is 2.57. The molecule has 0 unspecified atom stereocenters. The van der Waals surface area contributed by atoms with Crippen LogP contribution in [0.15, 0.2) is 29.6 Å². The summed E-state index contributed by atoms with van der Waals surface area (Å²) in [7, 11) is 1.60. The number of carbonyl (C=O) groups is 1. The first kappa shape index (κ1) is 21.9. The summed E-state index contributed by atoms with van der Waals surface area (Å²) in [4.78, 5) is 24.1. The Balaban J connectivity index is 1.23. The lowest BCUT2D eigenvalue weighted by Gasteiger charge is -2.34.